The van der Waals surface area contributed by atoms with Gasteiger partial charge in [0, 0.05) is 42.8 Å². The highest BCUT2D eigenvalue weighted by Gasteiger charge is 2.13. The van der Waals surface area contributed by atoms with Crippen LogP contribution in [0.2, 0.25) is 0 Å². The molecule has 6 heteroatoms. The molecule has 0 unspecified atom stereocenters. The molecule has 1 atom stereocenters. The van der Waals surface area contributed by atoms with E-state index in [-0.39, 0.29) is 17.8 Å². The summed E-state index contributed by atoms with van der Waals surface area (Å²) in [7, 11) is 1.83. The molecule has 0 aliphatic rings. The van der Waals surface area contributed by atoms with E-state index in [9.17, 15) is 9.18 Å². The third kappa shape index (κ3) is 4.09. The van der Waals surface area contributed by atoms with E-state index >= 15 is 0 Å². The van der Waals surface area contributed by atoms with Crippen molar-refractivity contribution in [3.63, 3.8) is 0 Å². The zero-order chi connectivity index (χ0) is 17.8. The Bertz CT molecular complexity index is 890. The SMILES string of the molecule is C[C@H](Cc1ccccc1F)NC(=O)c1cncc(-c2cnn(C)c2)c1. The lowest BCUT2D eigenvalue weighted by molar-refractivity contribution is 0.0939. The quantitative estimate of drug-likeness (QED) is 0.778. The molecule has 1 aromatic carbocycles. The van der Waals surface area contributed by atoms with Crippen LogP contribution in [0.25, 0.3) is 11.1 Å². The molecule has 0 aliphatic heterocycles. The minimum absolute atomic E-state index is 0.202. The summed E-state index contributed by atoms with van der Waals surface area (Å²) >= 11 is 0. The van der Waals surface area contributed by atoms with Crippen molar-refractivity contribution in [3.05, 3.63) is 72.1 Å². The van der Waals surface area contributed by atoms with E-state index < -0.39 is 0 Å². The molecule has 0 saturated carbocycles. The van der Waals surface area contributed by atoms with Crippen molar-refractivity contribution in [2.45, 2.75) is 19.4 Å². The molecule has 0 spiro atoms. The van der Waals surface area contributed by atoms with E-state index in [2.05, 4.69) is 15.4 Å². The molecule has 25 heavy (non-hydrogen) atoms. The third-order valence-corrected chi connectivity index (χ3v) is 3.90. The Balaban J connectivity index is 1.70. The van der Waals surface area contributed by atoms with Crippen molar-refractivity contribution >= 4 is 5.91 Å². The van der Waals surface area contributed by atoms with Gasteiger partial charge >= 0.3 is 0 Å². The van der Waals surface area contributed by atoms with Crippen LogP contribution in [0.1, 0.15) is 22.8 Å². The minimum atomic E-state index is -0.260. The summed E-state index contributed by atoms with van der Waals surface area (Å²) in [6.45, 7) is 1.85. The van der Waals surface area contributed by atoms with E-state index in [1.807, 2.05) is 20.2 Å². The molecular formula is C19H19FN4O. The van der Waals surface area contributed by atoms with Crippen molar-refractivity contribution in [2.24, 2.45) is 7.05 Å². The average Bonchev–Trinajstić information content (AvgIpc) is 3.03. The van der Waals surface area contributed by atoms with Gasteiger partial charge in [-0.05, 0) is 31.0 Å². The summed E-state index contributed by atoms with van der Waals surface area (Å²) in [6, 6.07) is 8.15. The summed E-state index contributed by atoms with van der Waals surface area (Å²) in [5, 5.41) is 7.01. The molecule has 128 valence electrons. The molecule has 1 amide bonds. The standard InChI is InChI=1S/C19H19FN4O/c1-13(7-14-5-3-4-6-18(14)20)23-19(25)16-8-15(9-21-10-16)17-11-22-24(2)12-17/h3-6,8-13H,7H2,1-2H3,(H,23,25)/t13-/m1/s1. The van der Waals surface area contributed by atoms with Crippen LogP contribution in [-0.4, -0.2) is 26.7 Å². The van der Waals surface area contributed by atoms with Crippen molar-refractivity contribution in [1.82, 2.24) is 20.1 Å². The molecule has 0 radical (unpaired) electrons. The van der Waals surface area contributed by atoms with Crippen LogP contribution in [0.3, 0.4) is 0 Å². The highest BCUT2D eigenvalue weighted by atomic mass is 19.1. The molecule has 3 rings (SSSR count). The Morgan fingerprint density at radius 1 is 1.24 bits per heavy atom. The predicted molar refractivity (Wildman–Crippen MR) is 93.5 cm³/mol. The average molecular weight is 338 g/mol. The number of benzene rings is 1. The largest absolute Gasteiger partial charge is 0.349 e. The van der Waals surface area contributed by atoms with Gasteiger partial charge in [-0.2, -0.15) is 5.10 Å². The van der Waals surface area contributed by atoms with Crippen LogP contribution in [0.5, 0.6) is 0 Å². The number of carbonyl (C=O) groups is 1. The van der Waals surface area contributed by atoms with Gasteiger partial charge in [-0.1, -0.05) is 18.2 Å². The Labute approximate surface area is 145 Å². The van der Waals surface area contributed by atoms with Crippen LogP contribution in [0.15, 0.2) is 55.1 Å². The number of pyridine rings is 1. The topological polar surface area (TPSA) is 59.8 Å². The van der Waals surface area contributed by atoms with Crippen molar-refractivity contribution in [1.29, 1.82) is 0 Å². The summed E-state index contributed by atoms with van der Waals surface area (Å²) < 4.78 is 15.4. The van der Waals surface area contributed by atoms with Gasteiger partial charge in [-0.25, -0.2) is 4.39 Å². The van der Waals surface area contributed by atoms with Crippen LogP contribution in [0.4, 0.5) is 4.39 Å². The summed E-state index contributed by atoms with van der Waals surface area (Å²) in [4.78, 5) is 16.6. The molecule has 0 aliphatic carbocycles. The second kappa shape index (κ2) is 7.25. The normalized spacial score (nSPS) is 12.0. The lowest BCUT2D eigenvalue weighted by Gasteiger charge is -2.14. The Hall–Kier alpha value is -3.02. The molecule has 2 aromatic heterocycles. The maximum atomic E-state index is 13.7. The number of aryl methyl sites for hydroxylation is 1. The first-order valence-corrected chi connectivity index (χ1v) is 8.01. The molecular weight excluding hydrogens is 319 g/mol. The van der Waals surface area contributed by atoms with E-state index in [0.717, 1.165) is 11.1 Å². The smallest absolute Gasteiger partial charge is 0.253 e. The lowest BCUT2D eigenvalue weighted by atomic mass is 10.1. The molecule has 0 bridgehead atoms. The first kappa shape index (κ1) is 16.8. The van der Waals surface area contributed by atoms with Gasteiger partial charge in [0.2, 0.25) is 0 Å². The number of carbonyl (C=O) groups excluding carboxylic acids is 1. The van der Waals surface area contributed by atoms with E-state index in [0.29, 0.717) is 17.5 Å². The second-order valence-corrected chi connectivity index (χ2v) is 6.04. The summed E-state index contributed by atoms with van der Waals surface area (Å²) in [6.07, 6.45) is 7.22. The Morgan fingerprint density at radius 3 is 2.76 bits per heavy atom. The molecule has 0 saturated heterocycles. The predicted octanol–water partition coefficient (Wildman–Crippen LogP) is 2.98. The van der Waals surface area contributed by atoms with E-state index in [4.69, 9.17) is 0 Å². The van der Waals surface area contributed by atoms with Gasteiger partial charge < -0.3 is 5.32 Å². The van der Waals surface area contributed by atoms with Gasteiger partial charge in [-0.3, -0.25) is 14.5 Å². The fraction of sp³-hybridized carbons (Fsp3) is 0.211. The second-order valence-electron chi connectivity index (χ2n) is 6.04. The van der Waals surface area contributed by atoms with Gasteiger partial charge in [0.1, 0.15) is 5.82 Å². The van der Waals surface area contributed by atoms with E-state index in [1.165, 1.54) is 12.3 Å². The van der Waals surface area contributed by atoms with Gasteiger partial charge in [0.15, 0.2) is 0 Å². The minimum Gasteiger partial charge on any atom is -0.349 e. The first-order valence-electron chi connectivity index (χ1n) is 8.01. The van der Waals surface area contributed by atoms with Crippen LogP contribution < -0.4 is 5.32 Å². The number of halogens is 1. The van der Waals surface area contributed by atoms with Crippen LogP contribution in [-0.2, 0) is 13.5 Å². The van der Waals surface area contributed by atoms with Gasteiger partial charge in [-0.15, -0.1) is 0 Å². The highest BCUT2D eigenvalue weighted by Crippen LogP contribution is 2.18. The number of hydrogen-bond acceptors (Lipinski definition) is 3. The van der Waals surface area contributed by atoms with Crippen LogP contribution >= 0.6 is 0 Å². The number of rotatable bonds is 5. The number of amides is 1. The summed E-state index contributed by atoms with van der Waals surface area (Å²) in [5.41, 5.74) is 2.76. The number of hydrogen-bond donors (Lipinski definition) is 1. The van der Waals surface area contributed by atoms with Crippen molar-refractivity contribution < 1.29 is 9.18 Å². The third-order valence-electron chi connectivity index (χ3n) is 3.90. The maximum Gasteiger partial charge on any atom is 0.253 e. The van der Waals surface area contributed by atoms with Gasteiger partial charge in [0.25, 0.3) is 5.91 Å². The van der Waals surface area contributed by atoms with E-state index in [1.54, 1.807) is 41.3 Å². The summed E-state index contributed by atoms with van der Waals surface area (Å²) in [5.74, 6) is -0.495. The Kier molecular flexibility index (Phi) is 4.88. The fourth-order valence-electron chi connectivity index (χ4n) is 2.64. The molecule has 3 aromatic rings. The number of nitrogens with zero attached hydrogens (tertiary/aromatic N) is 3. The first-order chi connectivity index (χ1) is 12.0. The molecule has 2 heterocycles. The highest BCUT2D eigenvalue weighted by molar-refractivity contribution is 5.95. The zero-order valence-electron chi connectivity index (χ0n) is 14.1. The van der Waals surface area contributed by atoms with Gasteiger partial charge in [0.05, 0.1) is 11.8 Å². The molecule has 0 fully saturated rings. The maximum absolute atomic E-state index is 13.7. The lowest BCUT2D eigenvalue weighted by Crippen LogP contribution is -2.34. The zero-order valence-corrected chi connectivity index (χ0v) is 14.1. The van der Waals surface area contributed by atoms with Crippen molar-refractivity contribution in [2.75, 3.05) is 0 Å². The monoisotopic (exact) mass is 338 g/mol. The fourth-order valence-corrected chi connectivity index (χ4v) is 2.64. The molecule has 5 nitrogen and oxygen atoms in total. The number of aromatic nitrogens is 3. The number of nitrogens with one attached hydrogen (secondary N) is 1. The molecule has 1 N–H and O–H groups in total. The van der Waals surface area contributed by atoms with Crippen molar-refractivity contribution in [3.8, 4) is 11.1 Å². The van der Waals surface area contributed by atoms with Crippen LogP contribution in [0, 0.1) is 5.82 Å². The Morgan fingerprint density at radius 2 is 2.04 bits per heavy atom.